The Kier molecular flexibility index (Phi) is 3.19. The van der Waals surface area contributed by atoms with Gasteiger partial charge in [-0.1, -0.05) is 28.1 Å². The average Bonchev–Trinajstić information content (AvgIpc) is 2.24. The summed E-state index contributed by atoms with van der Waals surface area (Å²) in [5.74, 6) is -3.84. The van der Waals surface area contributed by atoms with E-state index in [0.29, 0.717) is 10.0 Å². The van der Waals surface area contributed by atoms with Crippen molar-refractivity contribution in [3.63, 3.8) is 0 Å². The van der Waals surface area contributed by atoms with Gasteiger partial charge in [0.1, 0.15) is 6.10 Å². The number of aliphatic hydroxyl groups is 1. The van der Waals surface area contributed by atoms with Crippen molar-refractivity contribution >= 4 is 21.8 Å². The van der Waals surface area contributed by atoms with E-state index in [2.05, 4.69) is 15.9 Å². The van der Waals surface area contributed by atoms with Crippen LogP contribution in [-0.4, -0.2) is 23.0 Å². The molecule has 0 saturated heterocycles. The molecule has 1 aliphatic rings. The van der Waals surface area contributed by atoms with Crippen LogP contribution in [0.3, 0.4) is 0 Å². The molecule has 2 rings (SSSR count). The average molecular weight is 320 g/mol. The highest BCUT2D eigenvalue weighted by Crippen LogP contribution is 2.55. The van der Waals surface area contributed by atoms with Crippen molar-refractivity contribution in [3.05, 3.63) is 34.3 Å². The molecule has 3 nitrogen and oxygen atoms in total. The first kappa shape index (κ1) is 13.4. The number of carbonyl (C=O) groups excluding carboxylic acids is 1. The molecule has 0 aliphatic heterocycles. The van der Waals surface area contributed by atoms with E-state index in [-0.39, 0.29) is 0 Å². The van der Waals surface area contributed by atoms with E-state index >= 15 is 0 Å². The van der Waals surface area contributed by atoms with Gasteiger partial charge in [0, 0.05) is 22.7 Å². The van der Waals surface area contributed by atoms with Gasteiger partial charge in [-0.05, 0) is 17.7 Å². The van der Waals surface area contributed by atoms with Crippen LogP contribution in [0.15, 0.2) is 28.7 Å². The summed E-state index contributed by atoms with van der Waals surface area (Å²) >= 11 is 3.24. The molecule has 0 heterocycles. The third kappa shape index (κ3) is 2.14. The van der Waals surface area contributed by atoms with Crippen LogP contribution in [-0.2, 0) is 10.2 Å². The van der Waals surface area contributed by atoms with E-state index in [0.717, 1.165) is 0 Å². The number of aliphatic hydroxyl groups excluding tert-OH is 1. The van der Waals surface area contributed by atoms with E-state index in [1.807, 2.05) is 0 Å². The summed E-state index contributed by atoms with van der Waals surface area (Å²) in [7, 11) is 0. The van der Waals surface area contributed by atoms with Gasteiger partial charge >= 0.3 is 0 Å². The van der Waals surface area contributed by atoms with Crippen molar-refractivity contribution in [3.8, 4) is 0 Å². The maximum absolute atomic E-state index is 13.2. The molecule has 1 fully saturated rings. The molecule has 0 bridgehead atoms. The molecule has 98 valence electrons. The number of amides is 1. The summed E-state index contributed by atoms with van der Waals surface area (Å²) in [6.07, 6.45) is -2.74. The quantitative estimate of drug-likeness (QED) is 0.894. The second kappa shape index (κ2) is 4.28. The number of hydrogen-bond donors (Lipinski definition) is 2. The van der Waals surface area contributed by atoms with Gasteiger partial charge in [0.25, 0.3) is 0 Å². The second-order valence-corrected chi connectivity index (χ2v) is 5.60. The molecule has 18 heavy (non-hydrogen) atoms. The third-order valence-electron chi connectivity index (χ3n) is 3.34. The van der Waals surface area contributed by atoms with E-state index < -0.39 is 36.2 Å². The first-order chi connectivity index (χ1) is 8.27. The SMILES string of the molecule is NC(=O)C(O)C1(c2cccc(Br)c2)CC(F)(F)C1. The number of carbonyl (C=O) groups is 1. The molecule has 1 saturated carbocycles. The van der Waals surface area contributed by atoms with Gasteiger partial charge in [0.2, 0.25) is 11.8 Å². The maximum Gasteiger partial charge on any atom is 0.250 e. The van der Waals surface area contributed by atoms with Crippen LogP contribution in [0.1, 0.15) is 18.4 Å². The first-order valence-corrected chi connectivity index (χ1v) is 6.17. The van der Waals surface area contributed by atoms with Gasteiger partial charge in [-0.15, -0.1) is 0 Å². The number of rotatable bonds is 3. The van der Waals surface area contributed by atoms with Crippen molar-refractivity contribution in [2.45, 2.75) is 30.3 Å². The first-order valence-electron chi connectivity index (χ1n) is 5.38. The number of halogens is 3. The van der Waals surface area contributed by atoms with Crippen LogP contribution in [0.5, 0.6) is 0 Å². The molecular weight excluding hydrogens is 308 g/mol. The summed E-state index contributed by atoms with van der Waals surface area (Å²) in [4.78, 5) is 11.1. The normalized spacial score (nSPS) is 22.0. The van der Waals surface area contributed by atoms with Crippen molar-refractivity contribution in [2.75, 3.05) is 0 Å². The lowest BCUT2D eigenvalue weighted by molar-refractivity contribution is -0.169. The van der Waals surface area contributed by atoms with Gasteiger partial charge in [0.15, 0.2) is 0 Å². The minimum absolute atomic E-state index is 0.495. The van der Waals surface area contributed by atoms with Gasteiger partial charge < -0.3 is 10.8 Å². The Morgan fingerprint density at radius 1 is 1.44 bits per heavy atom. The lowest BCUT2D eigenvalue weighted by atomic mass is 9.58. The Labute approximate surface area is 111 Å². The predicted molar refractivity (Wildman–Crippen MR) is 65.2 cm³/mol. The van der Waals surface area contributed by atoms with Crippen molar-refractivity contribution in [1.29, 1.82) is 0 Å². The smallest absolute Gasteiger partial charge is 0.250 e. The van der Waals surface area contributed by atoms with Crippen LogP contribution in [0.2, 0.25) is 0 Å². The summed E-state index contributed by atoms with van der Waals surface area (Å²) in [5, 5.41) is 9.85. The van der Waals surface area contributed by atoms with Gasteiger partial charge in [-0.2, -0.15) is 0 Å². The fourth-order valence-corrected chi connectivity index (χ4v) is 2.90. The number of benzene rings is 1. The van der Waals surface area contributed by atoms with Crippen LogP contribution in [0.4, 0.5) is 8.78 Å². The van der Waals surface area contributed by atoms with Crippen LogP contribution in [0, 0.1) is 0 Å². The van der Waals surface area contributed by atoms with Crippen LogP contribution < -0.4 is 5.73 Å². The molecule has 1 aromatic carbocycles. The summed E-state index contributed by atoms with van der Waals surface area (Å²) in [6, 6.07) is 6.66. The molecule has 0 spiro atoms. The van der Waals surface area contributed by atoms with Crippen molar-refractivity contribution in [1.82, 2.24) is 0 Å². The molecule has 0 radical (unpaired) electrons. The van der Waals surface area contributed by atoms with Gasteiger partial charge in [-0.3, -0.25) is 4.79 Å². The second-order valence-electron chi connectivity index (χ2n) is 4.68. The highest BCUT2D eigenvalue weighted by molar-refractivity contribution is 9.10. The highest BCUT2D eigenvalue weighted by Gasteiger charge is 2.62. The lowest BCUT2D eigenvalue weighted by Gasteiger charge is -2.49. The fraction of sp³-hybridized carbons (Fsp3) is 0.417. The summed E-state index contributed by atoms with van der Waals surface area (Å²) in [5.41, 5.74) is 4.27. The third-order valence-corrected chi connectivity index (χ3v) is 3.83. The molecule has 1 unspecified atom stereocenters. The van der Waals surface area contributed by atoms with Crippen LogP contribution in [0.25, 0.3) is 0 Å². The Morgan fingerprint density at radius 2 is 2.06 bits per heavy atom. The minimum Gasteiger partial charge on any atom is -0.382 e. The molecule has 3 N–H and O–H groups in total. The largest absolute Gasteiger partial charge is 0.382 e. The maximum atomic E-state index is 13.2. The number of primary amides is 1. The van der Waals surface area contributed by atoms with Gasteiger partial charge in [0.05, 0.1) is 0 Å². The van der Waals surface area contributed by atoms with Crippen LogP contribution >= 0.6 is 15.9 Å². The Balaban J connectivity index is 2.42. The fourth-order valence-electron chi connectivity index (χ4n) is 2.50. The zero-order valence-corrected chi connectivity index (χ0v) is 11.0. The Bertz CT molecular complexity index is 485. The van der Waals surface area contributed by atoms with E-state index in [1.165, 1.54) is 0 Å². The molecule has 1 atom stereocenters. The monoisotopic (exact) mass is 319 g/mol. The van der Waals surface area contributed by atoms with E-state index in [4.69, 9.17) is 5.73 Å². The Morgan fingerprint density at radius 3 is 2.50 bits per heavy atom. The molecular formula is C12H12BrF2NO2. The minimum atomic E-state index is -2.86. The van der Waals surface area contributed by atoms with Crippen molar-refractivity contribution in [2.24, 2.45) is 5.73 Å². The molecule has 0 aromatic heterocycles. The zero-order chi connectivity index (χ0) is 13.6. The molecule has 6 heteroatoms. The highest BCUT2D eigenvalue weighted by atomic mass is 79.9. The summed E-state index contributed by atoms with van der Waals surface area (Å²) in [6.45, 7) is 0. The number of nitrogens with two attached hydrogens (primary N) is 1. The Hall–Kier alpha value is -1.01. The van der Waals surface area contributed by atoms with E-state index in [9.17, 15) is 18.7 Å². The molecule has 1 aliphatic carbocycles. The predicted octanol–water partition coefficient (Wildman–Crippen LogP) is 1.96. The molecule has 1 amide bonds. The zero-order valence-electron chi connectivity index (χ0n) is 9.37. The summed E-state index contributed by atoms with van der Waals surface area (Å²) < 4.78 is 27.0. The lowest BCUT2D eigenvalue weighted by Crippen LogP contribution is -2.59. The number of alkyl halides is 2. The number of hydrogen-bond acceptors (Lipinski definition) is 2. The van der Waals surface area contributed by atoms with Crippen molar-refractivity contribution < 1.29 is 18.7 Å². The standard InChI is InChI=1S/C12H12BrF2NO2/c13-8-3-1-2-7(4-8)11(9(17)10(16)18)5-12(14,15)6-11/h1-4,9,17H,5-6H2,(H2,16,18). The van der Waals surface area contributed by atoms with E-state index in [1.54, 1.807) is 24.3 Å². The van der Waals surface area contributed by atoms with Gasteiger partial charge in [-0.25, -0.2) is 8.78 Å². The molecule has 1 aromatic rings. The topological polar surface area (TPSA) is 63.3 Å².